The second-order valence-electron chi connectivity index (χ2n) is 7.70. The first-order chi connectivity index (χ1) is 14.2. The summed E-state index contributed by atoms with van der Waals surface area (Å²) in [6.45, 7) is 1.86. The van der Waals surface area contributed by atoms with Crippen molar-refractivity contribution >= 4 is 33.1 Å². The molecule has 1 fully saturated rings. The van der Waals surface area contributed by atoms with Crippen LogP contribution in [0.2, 0.25) is 0 Å². The Balaban J connectivity index is 1.47. The molecule has 1 N–H and O–H groups in total. The second kappa shape index (κ2) is 9.70. The quantitative estimate of drug-likeness (QED) is 0.619. The Kier molecular flexibility index (Phi) is 7.25. The third-order valence-corrected chi connectivity index (χ3v) is 7.12. The fourth-order valence-corrected chi connectivity index (χ4v) is 4.85. The number of sulfone groups is 1. The lowest BCUT2D eigenvalue weighted by atomic mass is 10.1. The van der Waals surface area contributed by atoms with Crippen molar-refractivity contribution in [1.29, 1.82) is 0 Å². The van der Waals surface area contributed by atoms with E-state index >= 15 is 0 Å². The van der Waals surface area contributed by atoms with Crippen LogP contribution in [0.15, 0.2) is 34.5 Å². The van der Waals surface area contributed by atoms with Crippen molar-refractivity contribution in [3.8, 4) is 10.6 Å². The third-order valence-electron chi connectivity index (χ3n) is 5.05. The van der Waals surface area contributed by atoms with Crippen LogP contribution < -0.4 is 5.32 Å². The Bertz CT molecular complexity index is 993. The smallest absolute Gasteiger partial charge is 0.308 e. The Morgan fingerprint density at radius 2 is 1.90 bits per heavy atom. The van der Waals surface area contributed by atoms with Gasteiger partial charge in [-0.25, -0.2) is 13.4 Å². The van der Waals surface area contributed by atoms with Gasteiger partial charge in [-0.1, -0.05) is 25.0 Å². The van der Waals surface area contributed by atoms with Crippen LogP contribution >= 0.6 is 11.3 Å². The molecule has 1 heterocycles. The van der Waals surface area contributed by atoms with Gasteiger partial charge >= 0.3 is 5.97 Å². The highest BCUT2D eigenvalue weighted by atomic mass is 32.2. The lowest BCUT2D eigenvalue weighted by molar-refractivity contribution is -0.145. The van der Waals surface area contributed by atoms with E-state index in [0.29, 0.717) is 5.69 Å². The minimum Gasteiger partial charge on any atom is -0.459 e. The largest absolute Gasteiger partial charge is 0.459 e. The molecule has 0 spiro atoms. The van der Waals surface area contributed by atoms with Crippen LogP contribution in [0, 0.1) is 5.92 Å². The van der Waals surface area contributed by atoms with Gasteiger partial charge in [0.2, 0.25) is 5.91 Å². The molecule has 0 aliphatic heterocycles. The van der Waals surface area contributed by atoms with Gasteiger partial charge in [-0.15, -0.1) is 11.3 Å². The molecule has 1 amide bonds. The van der Waals surface area contributed by atoms with Gasteiger partial charge in [-0.2, -0.15) is 0 Å². The Hall–Kier alpha value is -2.26. The van der Waals surface area contributed by atoms with Crippen molar-refractivity contribution in [2.24, 2.45) is 5.92 Å². The maximum atomic E-state index is 12.1. The molecule has 0 saturated heterocycles. The number of thiazole rings is 1. The summed E-state index contributed by atoms with van der Waals surface area (Å²) in [5.74, 6) is -0.288. The van der Waals surface area contributed by atoms with Crippen molar-refractivity contribution in [2.45, 2.75) is 56.6 Å². The summed E-state index contributed by atoms with van der Waals surface area (Å²) in [4.78, 5) is 28.9. The summed E-state index contributed by atoms with van der Waals surface area (Å²) in [6.07, 6.45) is 5.30. The lowest BCUT2D eigenvalue weighted by Crippen LogP contribution is -2.37. The average Bonchev–Trinajstić information content (AvgIpc) is 3.38. The Morgan fingerprint density at radius 3 is 2.53 bits per heavy atom. The van der Waals surface area contributed by atoms with E-state index in [1.807, 2.05) is 0 Å². The first-order valence-electron chi connectivity index (χ1n) is 9.93. The molecule has 9 heteroatoms. The number of aromatic nitrogens is 1. The van der Waals surface area contributed by atoms with Crippen LogP contribution in [-0.2, 0) is 30.8 Å². The standard InChI is InChI=1S/C21H26N2O5S2/c1-14(22-20(25)15-5-3-4-6-15)11-19(24)28-12-17-13-29-21(23-17)16-7-9-18(10-8-16)30(2,26)27/h7-10,13-15H,3-6,11-12H2,1-2H3,(H,22,25)/t14-/m0/s1. The lowest BCUT2D eigenvalue weighted by Gasteiger charge is -2.16. The van der Waals surface area contributed by atoms with Crippen molar-refractivity contribution < 1.29 is 22.7 Å². The number of hydrogen-bond acceptors (Lipinski definition) is 7. The first-order valence-corrected chi connectivity index (χ1v) is 12.7. The van der Waals surface area contributed by atoms with Crippen LogP contribution in [0.5, 0.6) is 0 Å². The van der Waals surface area contributed by atoms with Crippen LogP contribution in [-0.4, -0.2) is 37.6 Å². The highest BCUT2D eigenvalue weighted by Crippen LogP contribution is 2.26. The van der Waals surface area contributed by atoms with E-state index in [1.54, 1.807) is 36.6 Å². The molecule has 0 bridgehead atoms. The minimum absolute atomic E-state index is 0.0267. The van der Waals surface area contributed by atoms with Gasteiger partial charge in [0.05, 0.1) is 17.0 Å². The number of carbonyl (C=O) groups is 2. The van der Waals surface area contributed by atoms with Gasteiger partial charge in [0.25, 0.3) is 0 Å². The predicted molar refractivity (Wildman–Crippen MR) is 115 cm³/mol. The maximum absolute atomic E-state index is 12.1. The molecule has 1 atom stereocenters. The van der Waals surface area contributed by atoms with E-state index < -0.39 is 9.84 Å². The fraction of sp³-hybridized carbons (Fsp3) is 0.476. The summed E-state index contributed by atoms with van der Waals surface area (Å²) >= 11 is 1.40. The second-order valence-corrected chi connectivity index (χ2v) is 10.6. The van der Waals surface area contributed by atoms with Crippen LogP contribution in [0.3, 0.4) is 0 Å². The molecule has 1 aliphatic carbocycles. The number of ether oxygens (including phenoxy) is 1. The number of amides is 1. The molecule has 1 aromatic heterocycles. The van der Waals surface area contributed by atoms with Crippen molar-refractivity contribution in [1.82, 2.24) is 10.3 Å². The van der Waals surface area contributed by atoms with Crippen LogP contribution in [0.1, 0.15) is 44.7 Å². The fourth-order valence-electron chi connectivity index (χ4n) is 3.41. The Morgan fingerprint density at radius 1 is 1.23 bits per heavy atom. The van der Waals surface area contributed by atoms with E-state index in [1.165, 1.54) is 17.6 Å². The summed E-state index contributed by atoms with van der Waals surface area (Å²) in [5.41, 5.74) is 1.42. The van der Waals surface area contributed by atoms with Gasteiger partial charge in [0, 0.05) is 29.2 Å². The normalized spacial score (nSPS) is 15.7. The van der Waals surface area contributed by atoms with Crippen LogP contribution in [0.25, 0.3) is 10.6 Å². The van der Waals surface area contributed by atoms with E-state index in [2.05, 4.69) is 10.3 Å². The molecule has 162 valence electrons. The average molecular weight is 451 g/mol. The molecule has 1 aliphatic rings. The number of hydrogen-bond donors (Lipinski definition) is 1. The molecule has 1 aromatic carbocycles. The van der Waals surface area contributed by atoms with Gasteiger partial charge < -0.3 is 10.1 Å². The molecule has 3 rings (SSSR count). The highest BCUT2D eigenvalue weighted by Gasteiger charge is 2.24. The van der Waals surface area contributed by atoms with E-state index in [9.17, 15) is 18.0 Å². The van der Waals surface area contributed by atoms with Gasteiger partial charge in [0.15, 0.2) is 9.84 Å². The number of nitrogens with one attached hydrogen (secondary N) is 1. The molecule has 30 heavy (non-hydrogen) atoms. The number of carbonyl (C=O) groups excluding carboxylic acids is 2. The molecule has 7 nitrogen and oxygen atoms in total. The van der Waals surface area contributed by atoms with E-state index in [4.69, 9.17) is 4.74 Å². The van der Waals surface area contributed by atoms with E-state index in [0.717, 1.165) is 36.3 Å². The molecule has 1 saturated carbocycles. The third kappa shape index (κ3) is 6.12. The molecule has 0 unspecified atom stereocenters. The summed E-state index contributed by atoms with van der Waals surface area (Å²) in [5, 5.41) is 5.42. The SMILES string of the molecule is C[C@@H](CC(=O)OCc1csc(-c2ccc(S(C)(=O)=O)cc2)n1)NC(=O)C1CCCC1. The zero-order chi connectivity index (χ0) is 21.7. The van der Waals surface area contributed by atoms with Gasteiger partial charge in [-0.3, -0.25) is 9.59 Å². The topological polar surface area (TPSA) is 102 Å². The highest BCUT2D eigenvalue weighted by molar-refractivity contribution is 7.90. The monoisotopic (exact) mass is 450 g/mol. The number of nitrogens with zero attached hydrogens (tertiary/aromatic N) is 1. The summed E-state index contributed by atoms with van der Waals surface area (Å²) < 4.78 is 28.4. The predicted octanol–water partition coefficient (Wildman–Crippen LogP) is 3.34. The van der Waals surface area contributed by atoms with E-state index in [-0.39, 0.29) is 41.8 Å². The molecular weight excluding hydrogens is 424 g/mol. The summed E-state index contributed by atoms with van der Waals surface area (Å²) in [6, 6.07) is 6.24. The number of benzene rings is 1. The Labute approximate surface area is 180 Å². The summed E-state index contributed by atoms with van der Waals surface area (Å²) in [7, 11) is -3.24. The van der Waals surface area contributed by atoms with Crippen LogP contribution in [0.4, 0.5) is 0 Å². The minimum atomic E-state index is -3.24. The molecular formula is C21H26N2O5S2. The van der Waals surface area contributed by atoms with Gasteiger partial charge in [0.1, 0.15) is 11.6 Å². The van der Waals surface area contributed by atoms with Crippen molar-refractivity contribution in [3.63, 3.8) is 0 Å². The molecule has 0 radical (unpaired) electrons. The zero-order valence-electron chi connectivity index (χ0n) is 17.1. The molecule has 2 aromatic rings. The van der Waals surface area contributed by atoms with Gasteiger partial charge in [-0.05, 0) is 31.9 Å². The number of rotatable bonds is 8. The van der Waals surface area contributed by atoms with Crippen molar-refractivity contribution in [2.75, 3.05) is 6.26 Å². The van der Waals surface area contributed by atoms with Crippen molar-refractivity contribution in [3.05, 3.63) is 35.3 Å². The first kappa shape index (κ1) is 22.4. The maximum Gasteiger partial charge on any atom is 0.308 e. The zero-order valence-corrected chi connectivity index (χ0v) is 18.7. The number of esters is 1.